The third kappa shape index (κ3) is 3.05. The Kier molecular flexibility index (Phi) is 3.76. The standard InChI is InChI=1S/C13H17N3S/c1-10(11-4-3-5-12(14)6-11)16(2)8-13-7-15-9-17-13/h3-7,9-10H,8,14H2,1-2H3. The minimum absolute atomic E-state index is 0.348. The molecule has 0 aliphatic rings. The van der Waals surface area contributed by atoms with Gasteiger partial charge in [-0.05, 0) is 31.7 Å². The Morgan fingerprint density at radius 3 is 2.94 bits per heavy atom. The van der Waals surface area contributed by atoms with E-state index in [9.17, 15) is 0 Å². The van der Waals surface area contributed by atoms with Crippen LogP contribution < -0.4 is 5.73 Å². The summed E-state index contributed by atoms with van der Waals surface area (Å²) in [6.45, 7) is 3.11. The molecule has 0 aliphatic heterocycles. The van der Waals surface area contributed by atoms with Crippen LogP contribution in [0.4, 0.5) is 5.69 Å². The van der Waals surface area contributed by atoms with Gasteiger partial charge >= 0.3 is 0 Å². The first-order chi connectivity index (χ1) is 8.16. The summed E-state index contributed by atoms with van der Waals surface area (Å²) in [6.07, 6.45) is 1.92. The SMILES string of the molecule is CC(c1cccc(N)c1)N(C)Cc1cncs1. The number of hydrogen-bond acceptors (Lipinski definition) is 4. The average Bonchev–Trinajstić information content (AvgIpc) is 2.80. The molecule has 2 N–H and O–H groups in total. The lowest BCUT2D eigenvalue weighted by Gasteiger charge is -2.24. The monoisotopic (exact) mass is 247 g/mol. The van der Waals surface area contributed by atoms with Gasteiger partial charge in [0.25, 0.3) is 0 Å². The van der Waals surface area contributed by atoms with E-state index in [0.29, 0.717) is 6.04 Å². The summed E-state index contributed by atoms with van der Waals surface area (Å²) in [6, 6.07) is 8.42. The number of anilines is 1. The van der Waals surface area contributed by atoms with E-state index < -0.39 is 0 Å². The smallest absolute Gasteiger partial charge is 0.0794 e. The Bertz CT molecular complexity index is 467. The quantitative estimate of drug-likeness (QED) is 0.845. The Morgan fingerprint density at radius 2 is 2.29 bits per heavy atom. The highest BCUT2D eigenvalue weighted by Gasteiger charge is 2.12. The summed E-state index contributed by atoms with van der Waals surface area (Å²) in [4.78, 5) is 7.67. The van der Waals surface area contributed by atoms with Crippen LogP contribution in [0.2, 0.25) is 0 Å². The first kappa shape index (κ1) is 12.1. The molecule has 1 unspecified atom stereocenters. The van der Waals surface area contributed by atoms with Crippen LogP contribution in [0.1, 0.15) is 23.4 Å². The molecule has 4 heteroatoms. The van der Waals surface area contributed by atoms with E-state index in [0.717, 1.165) is 12.2 Å². The van der Waals surface area contributed by atoms with E-state index >= 15 is 0 Å². The highest BCUT2D eigenvalue weighted by Crippen LogP contribution is 2.22. The molecule has 90 valence electrons. The molecule has 1 heterocycles. The Labute approximate surface area is 106 Å². The van der Waals surface area contributed by atoms with Gasteiger partial charge in [-0.1, -0.05) is 12.1 Å². The molecular weight excluding hydrogens is 230 g/mol. The Morgan fingerprint density at radius 1 is 1.47 bits per heavy atom. The van der Waals surface area contributed by atoms with Crippen LogP contribution in [-0.4, -0.2) is 16.9 Å². The largest absolute Gasteiger partial charge is 0.399 e. The maximum Gasteiger partial charge on any atom is 0.0794 e. The minimum Gasteiger partial charge on any atom is -0.399 e. The van der Waals surface area contributed by atoms with Crippen LogP contribution in [0.3, 0.4) is 0 Å². The lowest BCUT2D eigenvalue weighted by Crippen LogP contribution is -2.21. The van der Waals surface area contributed by atoms with Crippen molar-refractivity contribution in [1.82, 2.24) is 9.88 Å². The lowest BCUT2D eigenvalue weighted by molar-refractivity contribution is 0.255. The number of aromatic nitrogens is 1. The van der Waals surface area contributed by atoms with Gasteiger partial charge in [0.15, 0.2) is 0 Å². The van der Waals surface area contributed by atoms with Crippen LogP contribution in [0.5, 0.6) is 0 Å². The third-order valence-corrected chi connectivity index (χ3v) is 3.71. The zero-order chi connectivity index (χ0) is 12.3. The molecule has 1 aromatic heterocycles. The van der Waals surface area contributed by atoms with Gasteiger partial charge in [-0.25, -0.2) is 0 Å². The normalized spacial score (nSPS) is 12.9. The fraction of sp³-hybridized carbons (Fsp3) is 0.308. The Balaban J connectivity index is 2.06. The number of nitrogen functional groups attached to an aromatic ring is 1. The molecule has 1 atom stereocenters. The van der Waals surface area contributed by atoms with E-state index in [2.05, 4.69) is 29.9 Å². The van der Waals surface area contributed by atoms with Crippen molar-refractivity contribution in [3.8, 4) is 0 Å². The van der Waals surface area contributed by atoms with Gasteiger partial charge in [-0.15, -0.1) is 11.3 Å². The predicted octanol–water partition coefficient (Wildman–Crippen LogP) is 2.92. The van der Waals surface area contributed by atoms with Crippen molar-refractivity contribution in [2.24, 2.45) is 0 Å². The fourth-order valence-corrected chi connectivity index (χ4v) is 2.43. The molecule has 0 fully saturated rings. The molecule has 1 aromatic carbocycles. The van der Waals surface area contributed by atoms with E-state index in [4.69, 9.17) is 5.73 Å². The fourth-order valence-electron chi connectivity index (χ4n) is 1.78. The van der Waals surface area contributed by atoms with E-state index in [1.54, 1.807) is 11.3 Å². The van der Waals surface area contributed by atoms with Gasteiger partial charge in [0.05, 0.1) is 5.51 Å². The molecule has 0 aliphatic carbocycles. The van der Waals surface area contributed by atoms with Crippen molar-refractivity contribution < 1.29 is 0 Å². The average molecular weight is 247 g/mol. The highest BCUT2D eigenvalue weighted by molar-refractivity contribution is 7.09. The molecule has 17 heavy (non-hydrogen) atoms. The van der Waals surface area contributed by atoms with Gasteiger partial charge < -0.3 is 5.73 Å². The zero-order valence-electron chi connectivity index (χ0n) is 10.1. The summed E-state index contributed by atoms with van der Waals surface area (Å²) < 4.78 is 0. The summed E-state index contributed by atoms with van der Waals surface area (Å²) in [5.41, 5.74) is 9.74. The first-order valence-electron chi connectivity index (χ1n) is 5.60. The zero-order valence-corrected chi connectivity index (χ0v) is 10.9. The minimum atomic E-state index is 0.348. The van der Waals surface area contributed by atoms with Crippen LogP contribution in [0.15, 0.2) is 36.0 Å². The third-order valence-electron chi connectivity index (χ3n) is 2.94. The van der Waals surface area contributed by atoms with Crippen molar-refractivity contribution >= 4 is 17.0 Å². The second-order valence-corrected chi connectivity index (χ2v) is 5.20. The van der Waals surface area contributed by atoms with Crippen molar-refractivity contribution in [1.29, 1.82) is 0 Å². The molecule has 0 spiro atoms. The van der Waals surface area contributed by atoms with Crippen molar-refractivity contribution in [3.63, 3.8) is 0 Å². The molecule has 0 saturated carbocycles. The van der Waals surface area contributed by atoms with Crippen LogP contribution >= 0.6 is 11.3 Å². The van der Waals surface area contributed by atoms with Crippen molar-refractivity contribution in [2.75, 3.05) is 12.8 Å². The second kappa shape index (κ2) is 5.29. The van der Waals surface area contributed by atoms with Gasteiger partial charge in [0, 0.05) is 29.3 Å². The van der Waals surface area contributed by atoms with E-state index in [1.165, 1.54) is 10.4 Å². The maximum absolute atomic E-state index is 5.81. The van der Waals surface area contributed by atoms with Gasteiger partial charge in [-0.2, -0.15) is 0 Å². The Hall–Kier alpha value is -1.39. The van der Waals surface area contributed by atoms with Crippen molar-refractivity contribution in [2.45, 2.75) is 19.5 Å². The molecule has 0 saturated heterocycles. The lowest BCUT2D eigenvalue weighted by atomic mass is 10.1. The van der Waals surface area contributed by atoms with Crippen LogP contribution in [0.25, 0.3) is 0 Å². The second-order valence-electron chi connectivity index (χ2n) is 4.23. The van der Waals surface area contributed by atoms with Gasteiger partial charge in [-0.3, -0.25) is 9.88 Å². The molecule has 0 radical (unpaired) electrons. The predicted molar refractivity (Wildman–Crippen MR) is 72.9 cm³/mol. The number of benzene rings is 1. The number of nitrogens with zero attached hydrogens (tertiary/aromatic N) is 2. The summed E-state index contributed by atoms with van der Waals surface area (Å²) in [5, 5.41) is 0. The van der Waals surface area contributed by atoms with Crippen LogP contribution in [0, 0.1) is 0 Å². The van der Waals surface area contributed by atoms with E-state index in [1.807, 2.05) is 29.9 Å². The summed E-state index contributed by atoms with van der Waals surface area (Å²) in [7, 11) is 2.12. The first-order valence-corrected chi connectivity index (χ1v) is 6.48. The number of nitrogens with two attached hydrogens (primary N) is 1. The van der Waals surface area contributed by atoms with Crippen LogP contribution in [-0.2, 0) is 6.54 Å². The molecule has 3 nitrogen and oxygen atoms in total. The summed E-state index contributed by atoms with van der Waals surface area (Å²) in [5.74, 6) is 0. The topological polar surface area (TPSA) is 42.1 Å². The van der Waals surface area contributed by atoms with Crippen molar-refractivity contribution in [3.05, 3.63) is 46.4 Å². The highest BCUT2D eigenvalue weighted by atomic mass is 32.1. The maximum atomic E-state index is 5.81. The number of hydrogen-bond donors (Lipinski definition) is 1. The van der Waals surface area contributed by atoms with E-state index in [-0.39, 0.29) is 0 Å². The number of rotatable bonds is 4. The molecular formula is C13H17N3S. The molecule has 2 rings (SSSR count). The van der Waals surface area contributed by atoms with Gasteiger partial charge in [0.2, 0.25) is 0 Å². The molecule has 0 bridgehead atoms. The molecule has 2 aromatic rings. The summed E-state index contributed by atoms with van der Waals surface area (Å²) >= 11 is 1.69. The van der Waals surface area contributed by atoms with Gasteiger partial charge in [0.1, 0.15) is 0 Å². The molecule has 0 amide bonds. The number of thiazole rings is 1.